The lowest BCUT2D eigenvalue weighted by molar-refractivity contribution is -0.113. The van der Waals surface area contributed by atoms with Crippen LogP contribution in [0.25, 0.3) is 11.2 Å². The van der Waals surface area contributed by atoms with Crippen molar-refractivity contribution >= 4 is 31.1 Å². The van der Waals surface area contributed by atoms with Crippen LogP contribution in [0.1, 0.15) is 27.0 Å². The van der Waals surface area contributed by atoms with E-state index in [0.29, 0.717) is 5.52 Å². The Balaban J connectivity index is 1.56. The van der Waals surface area contributed by atoms with Gasteiger partial charge in [0, 0.05) is 0 Å². The molecule has 4 heterocycles. The Kier molecular flexibility index (Phi) is 6.20. The predicted molar refractivity (Wildman–Crippen MR) is 108 cm³/mol. The lowest BCUT2D eigenvalue weighted by atomic mass is 9.96. The number of ether oxygens (including phenoxy) is 4. The molecule has 2 fully saturated rings. The molecule has 0 bridgehead atoms. The Labute approximate surface area is 187 Å². The third kappa shape index (κ3) is 4.35. The highest BCUT2D eigenvalue weighted by Gasteiger charge is 2.60. The van der Waals surface area contributed by atoms with E-state index in [1.807, 2.05) is 0 Å². The fourth-order valence-electron chi connectivity index (χ4n) is 3.64. The molecule has 2 aromatic heterocycles. The molecule has 2 saturated heterocycles. The van der Waals surface area contributed by atoms with Crippen molar-refractivity contribution in [2.75, 3.05) is 26.1 Å². The lowest BCUT2D eigenvalue weighted by Crippen LogP contribution is -2.47. The first-order valence-corrected chi connectivity index (χ1v) is 11.4. The van der Waals surface area contributed by atoms with E-state index in [4.69, 9.17) is 33.5 Å². The molecule has 0 amide bonds. The summed E-state index contributed by atoms with van der Waals surface area (Å²) in [5, 5.41) is 11.3. The molecule has 0 saturated carbocycles. The molecule has 16 heteroatoms. The summed E-state index contributed by atoms with van der Waals surface area (Å²) < 4.78 is 51.0. The lowest BCUT2D eigenvalue weighted by Gasteiger charge is -2.35. The second-order valence-electron chi connectivity index (χ2n) is 7.41. The van der Waals surface area contributed by atoms with Crippen molar-refractivity contribution < 1.29 is 47.0 Å². The van der Waals surface area contributed by atoms with Crippen molar-refractivity contribution in [1.82, 2.24) is 19.5 Å². The minimum Gasteiger partial charge on any atom is -0.479 e. The number of hydrogen-bond acceptors (Lipinski definition) is 14. The number of methoxy groups -OCH3 is 1. The van der Waals surface area contributed by atoms with Crippen LogP contribution in [-0.4, -0.2) is 75.2 Å². The standard InChI is InChI=1S/C17H24N5O10P/c1-5-27-16(23)29-8(2)31-33(25)28-6-9-11(32-33)17(3,24)14(30-9)22-7-19-10-12(22)20-15(18)21-13(10)26-4/h7-9,11,14,24H,5-6H2,1-4H3,(H2,18,20,21). The number of carbonyl (C=O) groups is 1. The van der Waals surface area contributed by atoms with E-state index >= 15 is 0 Å². The van der Waals surface area contributed by atoms with Gasteiger partial charge < -0.3 is 29.8 Å². The number of carbonyl (C=O) groups excluding carboxylic acids is 1. The minimum absolute atomic E-state index is 0.0655. The zero-order valence-electron chi connectivity index (χ0n) is 18.2. The van der Waals surface area contributed by atoms with Crippen molar-refractivity contribution in [2.24, 2.45) is 0 Å². The second kappa shape index (κ2) is 8.66. The van der Waals surface area contributed by atoms with Crippen LogP contribution in [0.2, 0.25) is 0 Å². The van der Waals surface area contributed by atoms with Crippen molar-refractivity contribution in [3.63, 3.8) is 0 Å². The normalized spacial score (nSPS) is 32.3. The maximum absolute atomic E-state index is 13.0. The fraction of sp³-hybridized carbons (Fsp3) is 0.647. The van der Waals surface area contributed by atoms with Crippen LogP contribution in [0.4, 0.5) is 10.7 Å². The van der Waals surface area contributed by atoms with Crippen LogP contribution in [0, 0.1) is 0 Å². The van der Waals surface area contributed by atoms with E-state index in [2.05, 4.69) is 19.7 Å². The largest absolute Gasteiger partial charge is 0.510 e. The molecule has 2 aromatic rings. The van der Waals surface area contributed by atoms with Gasteiger partial charge in [0.1, 0.15) is 17.8 Å². The summed E-state index contributed by atoms with van der Waals surface area (Å²) in [6, 6.07) is 0. The summed E-state index contributed by atoms with van der Waals surface area (Å²) in [6.07, 6.45) is -3.94. The molecule has 2 aliphatic heterocycles. The Morgan fingerprint density at radius 1 is 1.48 bits per heavy atom. The van der Waals surface area contributed by atoms with E-state index in [-0.39, 0.29) is 30.7 Å². The molecule has 15 nitrogen and oxygen atoms in total. The summed E-state index contributed by atoms with van der Waals surface area (Å²) in [4.78, 5) is 23.8. The van der Waals surface area contributed by atoms with Gasteiger partial charge in [0.2, 0.25) is 18.1 Å². The molecule has 6 unspecified atom stereocenters. The number of aromatic nitrogens is 4. The third-order valence-electron chi connectivity index (χ3n) is 5.01. The summed E-state index contributed by atoms with van der Waals surface area (Å²) in [7, 11) is -2.82. The van der Waals surface area contributed by atoms with Gasteiger partial charge in [0.25, 0.3) is 0 Å². The van der Waals surface area contributed by atoms with Crippen LogP contribution < -0.4 is 10.5 Å². The highest BCUT2D eigenvalue weighted by Crippen LogP contribution is 2.59. The highest BCUT2D eigenvalue weighted by atomic mass is 31.2. The number of nitrogens with zero attached hydrogens (tertiary/aromatic N) is 4. The van der Waals surface area contributed by atoms with Crippen LogP contribution in [-0.2, 0) is 32.3 Å². The first-order chi connectivity index (χ1) is 15.6. The molecule has 33 heavy (non-hydrogen) atoms. The molecule has 3 N–H and O–H groups in total. The molecule has 0 aliphatic carbocycles. The zero-order valence-corrected chi connectivity index (χ0v) is 19.1. The number of nitrogens with two attached hydrogens (primary N) is 1. The van der Waals surface area contributed by atoms with E-state index in [0.717, 1.165) is 0 Å². The van der Waals surface area contributed by atoms with Gasteiger partial charge in [-0.05, 0) is 20.8 Å². The number of aliphatic hydroxyl groups is 1. The van der Waals surface area contributed by atoms with Gasteiger partial charge in [0.05, 0.1) is 26.7 Å². The minimum atomic E-state index is -4.23. The van der Waals surface area contributed by atoms with E-state index in [1.54, 1.807) is 6.92 Å². The fourth-order valence-corrected chi connectivity index (χ4v) is 5.18. The molecule has 2 aliphatic rings. The van der Waals surface area contributed by atoms with Crippen molar-refractivity contribution in [1.29, 1.82) is 0 Å². The average molecular weight is 489 g/mol. The second-order valence-corrected chi connectivity index (χ2v) is 8.99. The molecule has 4 rings (SSSR count). The molecule has 0 spiro atoms. The Morgan fingerprint density at radius 3 is 2.94 bits per heavy atom. The van der Waals surface area contributed by atoms with E-state index in [1.165, 1.54) is 31.9 Å². The van der Waals surface area contributed by atoms with Crippen molar-refractivity contribution in [2.45, 2.75) is 51.1 Å². The summed E-state index contributed by atoms with van der Waals surface area (Å²) in [5.41, 5.74) is 4.57. The van der Waals surface area contributed by atoms with Crippen LogP contribution in [0.5, 0.6) is 5.88 Å². The molecule has 0 aromatic carbocycles. The molecule has 6 atom stereocenters. The van der Waals surface area contributed by atoms with Gasteiger partial charge in [0.15, 0.2) is 17.4 Å². The smallest absolute Gasteiger partial charge is 0.479 e. The maximum atomic E-state index is 13.0. The number of phosphoric acid groups is 1. The monoisotopic (exact) mass is 489 g/mol. The molecular formula is C17H24N5O10P. The number of hydrogen-bond donors (Lipinski definition) is 2. The van der Waals surface area contributed by atoms with E-state index < -0.39 is 44.3 Å². The van der Waals surface area contributed by atoms with Crippen molar-refractivity contribution in [3.05, 3.63) is 6.33 Å². The number of fused-ring (bicyclic) bond motifs is 2. The maximum Gasteiger partial charge on any atom is 0.510 e. The first kappa shape index (κ1) is 23.6. The number of phosphoric ester groups is 1. The van der Waals surface area contributed by atoms with Gasteiger partial charge in [-0.2, -0.15) is 9.97 Å². The number of rotatable bonds is 6. The summed E-state index contributed by atoms with van der Waals surface area (Å²) in [6.45, 7) is 4.21. The molecule has 0 radical (unpaired) electrons. The van der Waals surface area contributed by atoms with Gasteiger partial charge >= 0.3 is 14.0 Å². The van der Waals surface area contributed by atoms with Crippen LogP contribution in [0.15, 0.2) is 6.33 Å². The SMILES string of the molecule is CCOC(=O)OC(C)OP1(=O)OCC2OC(n3cnc4c(OC)nc(N)nc43)C(C)(O)C2O1. The number of nitrogen functional groups attached to an aromatic ring is 1. The van der Waals surface area contributed by atoms with Gasteiger partial charge in [-0.25, -0.2) is 18.9 Å². The number of imidazole rings is 1. The predicted octanol–water partition coefficient (Wildman–Crippen LogP) is 1.12. The first-order valence-electron chi connectivity index (χ1n) is 9.94. The van der Waals surface area contributed by atoms with Gasteiger partial charge in [-0.15, -0.1) is 0 Å². The topological polar surface area (TPSA) is 189 Å². The van der Waals surface area contributed by atoms with Gasteiger partial charge in [-0.3, -0.25) is 13.6 Å². The number of anilines is 1. The van der Waals surface area contributed by atoms with E-state index in [9.17, 15) is 14.5 Å². The average Bonchev–Trinajstić information content (AvgIpc) is 3.25. The third-order valence-corrected chi connectivity index (χ3v) is 6.52. The van der Waals surface area contributed by atoms with Crippen LogP contribution in [0.3, 0.4) is 0 Å². The molecular weight excluding hydrogens is 465 g/mol. The summed E-state index contributed by atoms with van der Waals surface area (Å²) in [5.74, 6) is 0.0867. The Hall–Kier alpha value is -2.55. The molecule has 182 valence electrons. The Morgan fingerprint density at radius 2 is 2.24 bits per heavy atom. The van der Waals surface area contributed by atoms with Gasteiger partial charge in [-0.1, -0.05) is 0 Å². The van der Waals surface area contributed by atoms with Crippen LogP contribution >= 0.6 is 7.82 Å². The van der Waals surface area contributed by atoms with Crippen molar-refractivity contribution in [3.8, 4) is 5.88 Å². The summed E-state index contributed by atoms with van der Waals surface area (Å²) >= 11 is 0. The zero-order chi connectivity index (χ0) is 24.0. The Bertz CT molecular complexity index is 1090. The quantitative estimate of drug-likeness (QED) is 0.333. The highest BCUT2D eigenvalue weighted by molar-refractivity contribution is 7.48.